The summed E-state index contributed by atoms with van der Waals surface area (Å²) < 4.78 is 27.6. The molecule has 0 heterocycles. The van der Waals surface area contributed by atoms with Crippen LogP contribution in [0.15, 0.2) is 29.2 Å². The lowest BCUT2D eigenvalue weighted by molar-refractivity contribution is 0.398. The van der Waals surface area contributed by atoms with E-state index in [2.05, 4.69) is 11.1 Å². The summed E-state index contributed by atoms with van der Waals surface area (Å²) in [6, 6.07) is 7.04. The third-order valence-electron chi connectivity index (χ3n) is 4.25. The maximum Gasteiger partial charge on any atom is 0.296 e. The second-order valence-electron chi connectivity index (χ2n) is 6.20. The lowest BCUT2D eigenvalue weighted by Gasteiger charge is -2.05. The molecule has 0 N–H and O–H groups in total. The lowest BCUT2D eigenvalue weighted by Crippen LogP contribution is -2.02. The third kappa shape index (κ3) is 8.52. The summed E-state index contributed by atoms with van der Waals surface area (Å²) in [7, 11) is -2.37. The first-order chi connectivity index (χ1) is 11.1. The van der Waals surface area contributed by atoms with Gasteiger partial charge in [0.2, 0.25) is 0 Å². The van der Waals surface area contributed by atoms with Gasteiger partial charge in [-0.2, -0.15) is 8.42 Å². The van der Waals surface area contributed by atoms with Crippen LogP contribution in [0.5, 0.6) is 0 Å². The van der Waals surface area contributed by atoms with Crippen molar-refractivity contribution < 1.29 is 12.6 Å². The molecule has 0 atom stereocenters. The fourth-order valence-electron chi connectivity index (χ4n) is 2.74. The largest absolute Gasteiger partial charge is 0.296 e. The molecule has 0 amide bonds. The Morgan fingerprint density at radius 3 is 1.74 bits per heavy atom. The summed E-state index contributed by atoms with van der Waals surface area (Å²) in [5, 5.41) is 0. The molecule has 1 rings (SSSR count). The van der Waals surface area contributed by atoms with Gasteiger partial charge >= 0.3 is 0 Å². The summed E-state index contributed by atoms with van der Waals surface area (Å²) in [6.45, 7) is 2.25. The van der Waals surface area contributed by atoms with Gasteiger partial charge in [0, 0.05) is 0 Å². The highest BCUT2D eigenvalue weighted by atomic mass is 32.2. The summed E-state index contributed by atoms with van der Waals surface area (Å²) in [4.78, 5) is 0.229. The molecule has 0 bridgehead atoms. The molecule has 1 aromatic rings. The van der Waals surface area contributed by atoms with E-state index in [1.807, 2.05) is 12.1 Å². The normalized spacial score (nSPS) is 11.7. The van der Waals surface area contributed by atoms with Crippen LogP contribution in [0.3, 0.4) is 0 Å². The standard InChI is InChI=1S/C19H32O3S/c1-3-4-5-6-7-8-9-10-11-12-13-18-14-16-19(17-15-18)23(20,21)22-2/h14-17H,3-13H2,1-2H3. The van der Waals surface area contributed by atoms with Gasteiger partial charge in [0.15, 0.2) is 0 Å². The molecule has 0 aliphatic heterocycles. The topological polar surface area (TPSA) is 43.4 Å². The minimum absolute atomic E-state index is 0.229. The molecular formula is C19H32O3S. The van der Waals surface area contributed by atoms with Crippen molar-refractivity contribution >= 4 is 10.1 Å². The Kier molecular flexibility index (Phi) is 10.2. The summed E-state index contributed by atoms with van der Waals surface area (Å²) in [6.07, 6.45) is 14.3. The van der Waals surface area contributed by atoms with Gasteiger partial charge in [0.05, 0.1) is 12.0 Å². The Morgan fingerprint density at radius 2 is 1.26 bits per heavy atom. The number of hydrogen-bond acceptors (Lipinski definition) is 3. The molecule has 1 aromatic carbocycles. The maximum atomic E-state index is 11.5. The monoisotopic (exact) mass is 340 g/mol. The van der Waals surface area contributed by atoms with Crippen LogP contribution < -0.4 is 0 Å². The molecule has 0 unspecified atom stereocenters. The lowest BCUT2D eigenvalue weighted by atomic mass is 10.0. The van der Waals surface area contributed by atoms with Gasteiger partial charge in [-0.25, -0.2) is 0 Å². The molecule has 0 radical (unpaired) electrons. The average Bonchev–Trinajstić information content (AvgIpc) is 2.57. The average molecular weight is 341 g/mol. The second kappa shape index (κ2) is 11.6. The van der Waals surface area contributed by atoms with E-state index in [-0.39, 0.29) is 4.90 Å². The van der Waals surface area contributed by atoms with E-state index in [0.29, 0.717) is 0 Å². The molecule has 0 aromatic heterocycles. The molecule has 132 valence electrons. The molecule has 23 heavy (non-hydrogen) atoms. The van der Waals surface area contributed by atoms with Crippen molar-refractivity contribution in [3.63, 3.8) is 0 Å². The van der Waals surface area contributed by atoms with Crippen LogP contribution >= 0.6 is 0 Å². The first kappa shape index (κ1) is 20.2. The van der Waals surface area contributed by atoms with Gasteiger partial charge in [-0.15, -0.1) is 0 Å². The van der Waals surface area contributed by atoms with Crippen molar-refractivity contribution in [2.24, 2.45) is 0 Å². The van der Waals surface area contributed by atoms with Gasteiger partial charge in [0.25, 0.3) is 10.1 Å². The van der Waals surface area contributed by atoms with Crippen LogP contribution in [0.4, 0.5) is 0 Å². The van der Waals surface area contributed by atoms with Crippen LogP contribution in [0.25, 0.3) is 0 Å². The van der Waals surface area contributed by atoms with E-state index >= 15 is 0 Å². The minimum atomic E-state index is -3.56. The van der Waals surface area contributed by atoms with Crippen LogP contribution in [0.1, 0.15) is 76.7 Å². The number of aryl methyl sites for hydroxylation is 1. The first-order valence-corrected chi connectivity index (χ1v) is 10.4. The van der Waals surface area contributed by atoms with E-state index in [9.17, 15) is 8.42 Å². The van der Waals surface area contributed by atoms with Crippen LogP contribution in [0.2, 0.25) is 0 Å². The number of unbranched alkanes of at least 4 members (excludes halogenated alkanes) is 9. The number of rotatable bonds is 13. The fraction of sp³-hybridized carbons (Fsp3) is 0.684. The Hall–Kier alpha value is -0.870. The molecule has 0 fully saturated rings. The number of benzene rings is 1. The zero-order valence-electron chi connectivity index (χ0n) is 14.7. The van der Waals surface area contributed by atoms with E-state index in [4.69, 9.17) is 0 Å². The molecule has 3 nitrogen and oxygen atoms in total. The zero-order chi connectivity index (χ0) is 17.0. The van der Waals surface area contributed by atoms with Crippen molar-refractivity contribution in [3.8, 4) is 0 Å². The highest BCUT2D eigenvalue weighted by Gasteiger charge is 2.11. The van der Waals surface area contributed by atoms with Crippen molar-refractivity contribution in [3.05, 3.63) is 29.8 Å². The zero-order valence-corrected chi connectivity index (χ0v) is 15.5. The van der Waals surface area contributed by atoms with Gasteiger partial charge in [0.1, 0.15) is 0 Å². The van der Waals surface area contributed by atoms with E-state index in [0.717, 1.165) is 6.42 Å². The van der Waals surface area contributed by atoms with E-state index in [1.165, 1.54) is 76.9 Å². The summed E-state index contributed by atoms with van der Waals surface area (Å²) in [5.74, 6) is 0. The molecule has 0 spiro atoms. The number of hydrogen-bond donors (Lipinski definition) is 0. The Morgan fingerprint density at radius 1 is 0.783 bits per heavy atom. The molecule has 0 aliphatic rings. The molecule has 0 saturated heterocycles. The first-order valence-electron chi connectivity index (χ1n) is 8.99. The van der Waals surface area contributed by atoms with Crippen molar-refractivity contribution in [1.82, 2.24) is 0 Å². The van der Waals surface area contributed by atoms with E-state index in [1.54, 1.807) is 12.1 Å². The summed E-state index contributed by atoms with van der Waals surface area (Å²) in [5.41, 5.74) is 1.19. The highest BCUT2D eigenvalue weighted by Crippen LogP contribution is 2.15. The predicted octanol–water partition coefficient (Wildman–Crippen LogP) is 5.49. The van der Waals surface area contributed by atoms with Gasteiger partial charge in [-0.3, -0.25) is 4.18 Å². The van der Waals surface area contributed by atoms with Crippen LogP contribution in [0, 0.1) is 0 Å². The Bertz CT molecular complexity index is 506. The smallest absolute Gasteiger partial charge is 0.270 e. The molecular weight excluding hydrogens is 308 g/mol. The Balaban J connectivity index is 2.10. The third-order valence-corrected chi connectivity index (χ3v) is 5.54. The van der Waals surface area contributed by atoms with Gasteiger partial charge in [-0.1, -0.05) is 76.8 Å². The molecule has 4 heteroatoms. The van der Waals surface area contributed by atoms with Gasteiger partial charge < -0.3 is 0 Å². The second-order valence-corrected chi connectivity index (χ2v) is 7.91. The summed E-state index contributed by atoms with van der Waals surface area (Å²) >= 11 is 0. The van der Waals surface area contributed by atoms with E-state index < -0.39 is 10.1 Å². The van der Waals surface area contributed by atoms with Crippen molar-refractivity contribution in [2.45, 2.75) is 82.4 Å². The quantitative estimate of drug-likeness (QED) is 0.352. The van der Waals surface area contributed by atoms with Crippen molar-refractivity contribution in [1.29, 1.82) is 0 Å². The molecule has 0 saturated carbocycles. The van der Waals surface area contributed by atoms with Crippen LogP contribution in [-0.4, -0.2) is 15.5 Å². The SMILES string of the molecule is CCCCCCCCCCCCc1ccc(S(=O)(=O)OC)cc1. The maximum absolute atomic E-state index is 11.5. The minimum Gasteiger partial charge on any atom is -0.270 e. The highest BCUT2D eigenvalue weighted by molar-refractivity contribution is 7.86. The van der Waals surface area contributed by atoms with Gasteiger partial charge in [-0.05, 0) is 30.5 Å². The van der Waals surface area contributed by atoms with Crippen molar-refractivity contribution in [2.75, 3.05) is 7.11 Å². The van der Waals surface area contributed by atoms with Crippen LogP contribution in [-0.2, 0) is 20.7 Å². The Labute approximate surface area is 142 Å². The fourth-order valence-corrected chi connectivity index (χ4v) is 3.40. The predicted molar refractivity (Wildman–Crippen MR) is 96.2 cm³/mol. The molecule has 0 aliphatic carbocycles.